The van der Waals surface area contributed by atoms with Gasteiger partial charge in [-0.05, 0) is 24.3 Å². The second-order valence-corrected chi connectivity index (χ2v) is 7.65. The molecule has 1 aliphatic rings. The van der Waals surface area contributed by atoms with Gasteiger partial charge in [-0.2, -0.15) is 0 Å². The number of benzene rings is 1. The molecule has 1 atom stereocenters. The number of alkyl halides is 1. The highest BCUT2D eigenvalue weighted by Gasteiger charge is 2.21. The van der Waals surface area contributed by atoms with E-state index in [1.807, 2.05) is 30.3 Å². The van der Waals surface area contributed by atoms with Gasteiger partial charge in [0.25, 0.3) is 5.88 Å². The van der Waals surface area contributed by atoms with E-state index in [2.05, 4.69) is 32.2 Å². The third-order valence-electron chi connectivity index (χ3n) is 5.48. The molecule has 1 aromatic carbocycles. The fraction of sp³-hybridized carbons (Fsp3) is 0.250. The number of nitrogens with one attached hydrogen (secondary N) is 1. The van der Waals surface area contributed by atoms with E-state index in [1.54, 1.807) is 18.5 Å². The Kier molecular flexibility index (Phi) is 5.49. The Morgan fingerprint density at radius 2 is 1.94 bits per heavy atom. The van der Waals surface area contributed by atoms with Crippen LogP contribution in [0.1, 0.15) is 24.0 Å². The van der Waals surface area contributed by atoms with Gasteiger partial charge < -0.3 is 14.8 Å². The fourth-order valence-electron chi connectivity index (χ4n) is 3.86. The molecule has 32 heavy (non-hydrogen) atoms. The number of hydrogen-bond donors (Lipinski definition) is 1. The number of rotatable bonds is 6. The van der Waals surface area contributed by atoms with Gasteiger partial charge in [-0.15, -0.1) is 0 Å². The molecular formula is C24H22FN5O2. The molecule has 162 valence electrons. The first-order valence-corrected chi connectivity index (χ1v) is 10.5. The van der Waals surface area contributed by atoms with Crippen molar-refractivity contribution >= 4 is 16.7 Å². The van der Waals surface area contributed by atoms with Crippen molar-refractivity contribution in [3.63, 3.8) is 0 Å². The molecule has 0 fully saturated rings. The summed E-state index contributed by atoms with van der Waals surface area (Å²) in [5.41, 5.74) is 3.79. The van der Waals surface area contributed by atoms with Crippen LogP contribution in [0.2, 0.25) is 0 Å². The van der Waals surface area contributed by atoms with Crippen LogP contribution in [0.5, 0.6) is 11.6 Å². The van der Waals surface area contributed by atoms with Crippen LogP contribution in [0, 0.1) is 0 Å². The topological polar surface area (TPSA) is 82.1 Å². The summed E-state index contributed by atoms with van der Waals surface area (Å²) in [5.74, 6) is 2.08. The molecule has 0 radical (unpaired) electrons. The second-order valence-electron chi connectivity index (χ2n) is 7.65. The van der Waals surface area contributed by atoms with Gasteiger partial charge in [-0.1, -0.05) is 13.0 Å². The molecular weight excluding hydrogens is 409 g/mol. The number of fused-ring (bicyclic) bond motifs is 2. The largest absolute Gasteiger partial charge is 0.484 e. The van der Waals surface area contributed by atoms with Crippen molar-refractivity contribution in [2.75, 3.05) is 25.1 Å². The van der Waals surface area contributed by atoms with Crippen LogP contribution in [0.3, 0.4) is 0 Å². The van der Waals surface area contributed by atoms with E-state index in [0.29, 0.717) is 54.0 Å². The highest BCUT2D eigenvalue weighted by molar-refractivity contribution is 5.86. The number of halogens is 1. The molecule has 4 heterocycles. The number of aromatic nitrogens is 4. The third kappa shape index (κ3) is 3.91. The van der Waals surface area contributed by atoms with Crippen LogP contribution in [0.25, 0.3) is 22.2 Å². The van der Waals surface area contributed by atoms with E-state index in [-0.39, 0.29) is 5.92 Å². The average molecular weight is 431 g/mol. The third-order valence-corrected chi connectivity index (χ3v) is 5.48. The Hall–Kier alpha value is -3.81. The van der Waals surface area contributed by atoms with Crippen molar-refractivity contribution in [3.05, 3.63) is 66.2 Å². The Balaban J connectivity index is 1.37. The van der Waals surface area contributed by atoms with Crippen molar-refractivity contribution in [1.82, 2.24) is 19.9 Å². The predicted octanol–water partition coefficient (Wildman–Crippen LogP) is 4.54. The Labute approximate surface area is 184 Å². The van der Waals surface area contributed by atoms with Gasteiger partial charge in [0.15, 0.2) is 5.75 Å². The molecule has 0 saturated carbocycles. The standard InChI is InChI=1S/C24H22FN5O2/c1-15(19-4-6-27-24-23(19)31-7-8-32-24)13-28-21-11-20(29-14-30-21)17-9-16-3-2-5-26-22(16)18(10-17)12-25/h2-6,9-11,14-15H,7-8,12-13H2,1H3,(H,28,29,30)/t15-/m1/s1. The number of pyridine rings is 2. The SMILES string of the molecule is C[C@H](CNc1cc(-c2cc(CF)c3ncccc3c2)ncn1)c1ccnc2c1OCCO2. The monoisotopic (exact) mass is 431 g/mol. The highest BCUT2D eigenvalue weighted by Crippen LogP contribution is 2.36. The molecule has 0 aliphatic carbocycles. The highest BCUT2D eigenvalue weighted by atomic mass is 19.1. The summed E-state index contributed by atoms with van der Waals surface area (Å²) in [4.78, 5) is 17.3. The minimum absolute atomic E-state index is 0.136. The summed E-state index contributed by atoms with van der Waals surface area (Å²) in [6.07, 6.45) is 4.92. The van der Waals surface area contributed by atoms with Crippen molar-refractivity contribution in [1.29, 1.82) is 0 Å². The Morgan fingerprint density at radius 3 is 2.84 bits per heavy atom. The minimum Gasteiger partial charge on any atom is -0.484 e. The normalized spacial score (nSPS) is 13.7. The van der Waals surface area contributed by atoms with E-state index in [4.69, 9.17) is 9.47 Å². The first-order chi connectivity index (χ1) is 15.7. The zero-order valence-corrected chi connectivity index (χ0v) is 17.6. The summed E-state index contributed by atoms with van der Waals surface area (Å²) < 4.78 is 25.0. The summed E-state index contributed by atoms with van der Waals surface area (Å²) in [7, 11) is 0. The molecule has 3 aromatic heterocycles. The van der Waals surface area contributed by atoms with Crippen molar-refractivity contribution in [2.24, 2.45) is 0 Å². The van der Waals surface area contributed by atoms with Gasteiger partial charge in [0.1, 0.15) is 32.0 Å². The fourth-order valence-corrected chi connectivity index (χ4v) is 3.86. The smallest absolute Gasteiger partial charge is 0.257 e. The predicted molar refractivity (Wildman–Crippen MR) is 120 cm³/mol. The van der Waals surface area contributed by atoms with Crippen LogP contribution < -0.4 is 14.8 Å². The number of anilines is 1. The van der Waals surface area contributed by atoms with Gasteiger partial charge in [-0.25, -0.2) is 19.3 Å². The molecule has 0 spiro atoms. The molecule has 1 N–H and O–H groups in total. The van der Waals surface area contributed by atoms with Crippen LogP contribution >= 0.6 is 0 Å². The second kappa shape index (κ2) is 8.74. The lowest BCUT2D eigenvalue weighted by molar-refractivity contribution is 0.162. The van der Waals surface area contributed by atoms with Crippen LogP contribution in [0.15, 0.2) is 55.1 Å². The summed E-state index contributed by atoms with van der Waals surface area (Å²) >= 11 is 0. The van der Waals surface area contributed by atoms with E-state index < -0.39 is 6.67 Å². The zero-order chi connectivity index (χ0) is 21.9. The van der Waals surface area contributed by atoms with Gasteiger partial charge >= 0.3 is 0 Å². The van der Waals surface area contributed by atoms with Crippen LogP contribution in [-0.4, -0.2) is 39.7 Å². The lowest BCUT2D eigenvalue weighted by atomic mass is 10.0. The molecule has 0 bridgehead atoms. The maximum absolute atomic E-state index is 13.6. The van der Waals surface area contributed by atoms with Crippen molar-refractivity contribution < 1.29 is 13.9 Å². The van der Waals surface area contributed by atoms with Gasteiger partial charge in [0, 0.05) is 53.0 Å². The van der Waals surface area contributed by atoms with E-state index in [9.17, 15) is 4.39 Å². The maximum Gasteiger partial charge on any atom is 0.257 e. The first-order valence-electron chi connectivity index (χ1n) is 10.5. The van der Waals surface area contributed by atoms with Crippen molar-refractivity contribution in [3.8, 4) is 22.9 Å². The number of hydrogen-bond acceptors (Lipinski definition) is 7. The van der Waals surface area contributed by atoms with Gasteiger partial charge in [-0.3, -0.25) is 4.98 Å². The zero-order valence-electron chi connectivity index (χ0n) is 17.6. The van der Waals surface area contributed by atoms with Crippen LogP contribution in [0.4, 0.5) is 10.2 Å². The van der Waals surface area contributed by atoms with E-state index in [0.717, 1.165) is 16.5 Å². The van der Waals surface area contributed by atoms with Gasteiger partial charge in [0.2, 0.25) is 0 Å². The molecule has 7 nitrogen and oxygen atoms in total. The average Bonchev–Trinajstić information content (AvgIpc) is 2.86. The summed E-state index contributed by atoms with van der Waals surface area (Å²) in [5, 5.41) is 4.25. The number of nitrogens with zero attached hydrogens (tertiary/aromatic N) is 4. The maximum atomic E-state index is 13.6. The molecule has 5 rings (SSSR count). The van der Waals surface area contributed by atoms with Crippen LogP contribution in [-0.2, 0) is 6.67 Å². The quantitative estimate of drug-likeness (QED) is 0.480. The van der Waals surface area contributed by atoms with Gasteiger partial charge in [0.05, 0.1) is 11.2 Å². The first kappa shape index (κ1) is 20.1. The molecule has 8 heteroatoms. The Bertz CT molecular complexity index is 1270. The summed E-state index contributed by atoms with van der Waals surface area (Å²) in [6.45, 7) is 3.18. The lowest BCUT2D eigenvalue weighted by Gasteiger charge is -2.22. The molecule has 1 aliphatic heterocycles. The molecule has 0 saturated heterocycles. The molecule has 0 amide bonds. The number of ether oxygens (including phenoxy) is 2. The minimum atomic E-state index is -0.586. The summed E-state index contributed by atoms with van der Waals surface area (Å²) in [6, 6.07) is 11.4. The Morgan fingerprint density at radius 1 is 1.03 bits per heavy atom. The van der Waals surface area contributed by atoms with E-state index >= 15 is 0 Å². The van der Waals surface area contributed by atoms with E-state index in [1.165, 1.54) is 6.33 Å². The van der Waals surface area contributed by atoms with Crippen molar-refractivity contribution in [2.45, 2.75) is 19.5 Å². The lowest BCUT2D eigenvalue weighted by Crippen LogP contribution is -2.19. The molecule has 0 unspecified atom stereocenters. The molecule has 4 aromatic rings.